The van der Waals surface area contributed by atoms with Crippen molar-refractivity contribution in [2.75, 3.05) is 6.61 Å². The van der Waals surface area contributed by atoms with Crippen LogP contribution >= 0.6 is 11.3 Å². The first-order valence-electron chi connectivity index (χ1n) is 6.95. The van der Waals surface area contributed by atoms with E-state index >= 15 is 0 Å². The van der Waals surface area contributed by atoms with Gasteiger partial charge >= 0.3 is 5.97 Å². The van der Waals surface area contributed by atoms with Crippen LogP contribution < -0.4 is 16.4 Å². The van der Waals surface area contributed by atoms with Gasteiger partial charge in [-0.1, -0.05) is 0 Å². The topological polar surface area (TPSA) is 119 Å². The van der Waals surface area contributed by atoms with Gasteiger partial charge in [-0.05, 0) is 19.4 Å². The van der Waals surface area contributed by atoms with Crippen molar-refractivity contribution in [2.45, 2.75) is 27.3 Å². The number of aromatic nitrogens is 2. The summed E-state index contributed by atoms with van der Waals surface area (Å²) in [6.45, 7) is 4.01. The summed E-state index contributed by atoms with van der Waals surface area (Å²) >= 11 is 1.41. The number of fused-ring (bicyclic) bond motifs is 1. The van der Waals surface area contributed by atoms with E-state index in [4.69, 9.17) is 4.74 Å². The SMILES string of the molecule is CC(=O)NNC(=O)COC(=O)Cn1cnc2sc(C)c(C)c2c1=O. The van der Waals surface area contributed by atoms with Crippen LogP contribution in [0.5, 0.6) is 0 Å². The molecule has 0 aromatic carbocycles. The molecule has 0 atom stereocenters. The quantitative estimate of drug-likeness (QED) is 0.580. The zero-order valence-electron chi connectivity index (χ0n) is 13.3. The average Bonchev–Trinajstić information content (AvgIpc) is 2.81. The number of hydrazine groups is 1. The van der Waals surface area contributed by atoms with Crippen LogP contribution in [0.2, 0.25) is 0 Å². The van der Waals surface area contributed by atoms with Crippen LogP contribution in [-0.4, -0.2) is 33.9 Å². The van der Waals surface area contributed by atoms with Gasteiger partial charge in [0.05, 0.1) is 11.7 Å². The predicted octanol–water partition coefficient (Wildman–Crippen LogP) is -0.215. The van der Waals surface area contributed by atoms with Gasteiger partial charge < -0.3 is 4.74 Å². The van der Waals surface area contributed by atoms with E-state index in [0.29, 0.717) is 10.2 Å². The van der Waals surface area contributed by atoms with Gasteiger partial charge in [-0.3, -0.25) is 34.6 Å². The summed E-state index contributed by atoms with van der Waals surface area (Å²) in [4.78, 5) is 51.9. The Kier molecular flexibility index (Phi) is 5.29. The second kappa shape index (κ2) is 7.21. The van der Waals surface area contributed by atoms with E-state index in [1.54, 1.807) is 0 Å². The predicted molar refractivity (Wildman–Crippen MR) is 86.3 cm³/mol. The summed E-state index contributed by atoms with van der Waals surface area (Å²) in [5, 5.41) is 0.483. The molecule has 128 valence electrons. The van der Waals surface area contributed by atoms with Gasteiger partial charge in [0.25, 0.3) is 11.5 Å². The lowest BCUT2D eigenvalue weighted by Crippen LogP contribution is -2.42. The molecule has 2 amide bonds. The lowest BCUT2D eigenvalue weighted by Gasteiger charge is -2.07. The summed E-state index contributed by atoms with van der Waals surface area (Å²) in [5.74, 6) is -1.91. The van der Waals surface area contributed by atoms with E-state index in [-0.39, 0.29) is 12.1 Å². The molecule has 9 nitrogen and oxygen atoms in total. The minimum atomic E-state index is -0.763. The first-order valence-corrected chi connectivity index (χ1v) is 7.77. The summed E-state index contributed by atoms with van der Waals surface area (Å²) < 4.78 is 5.89. The summed E-state index contributed by atoms with van der Waals surface area (Å²) in [5.41, 5.74) is 4.62. The third-order valence-electron chi connectivity index (χ3n) is 3.20. The number of amides is 2. The van der Waals surface area contributed by atoms with Crippen molar-refractivity contribution in [1.82, 2.24) is 20.4 Å². The van der Waals surface area contributed by atoms with Gasteiger partial charge in [0.1, 0.15) is 11.4 Å². The van der Waals surface area contributed by atoms with Gasteiger partial charge in [0.2, 0.25) is 5.91 Å². The molecule has 0 saturated carbocycles. The maximum Gasteiger partial charge on any atom is 0.326 e. The normalized spacial score (nSPS) is 10.5. The molecule has 2 aromatic heterocycles. The molecule has 0 bridgehead atoms. The maximum absolute atomic E-state index is 12.4. The number of aryl methyl sites for hydroxylation is 2. The van der Waals surface area contributed by atoms with E-state index in [9.17, 15) is 19.2 Å². The maximum atomic E-state index is 12.4. The Bertz CT molecular complexity index is 870. The number of rotatable bonds is 4. The molecular weight excluding hydrogens is 336 g/mol. The van der Waals surface area contributed by atoms with Gasteiger partial charge in [-0.15, -0.1) is 11.3 Å². The molecule has 0 aliphatic heterocycles. The van der Waals surface area contributed by atoms with E-state index in [1.807, 2.05) is 13.8 Å². The molecule has 0 aliphatic carbocycles. The zero-order chi connectivity index (χ0) is 17.9. The number of hydrogen-bond acceptors (Lipinski definition) is 7. The number of nitrogens with one attached hydrogen (secondary N) is 2. The molecule has 2 aromatic rings. The van der Waals surface area contributed by atoms with Gasteiger partial charge in [0.15, 0.2) is 6.61 Å². The highest BCUT2D eigenvalue weighted by Gasteiger charge is 2.15. The monoisotopic (exact) mass is 352 g/mol. The van der Waals surface area contributed by atoms with Crippen molar-refractivity contribution in [2.24, 2.45) is 0 Å². The van der Waals surface area contributed by atoms with E-state index in [1.165, 1.54) is 24.6 Å². The molecule has 0 fully saturated rings. The lowest BCUT2D eigenvalue weighted by atomic mass is 10.2. The molecule has 0 radical (unpaired) electrons. The third kappa shape index (κ3) is 3.96. The van der Waals surface area contributed by atoms with Crippen LogP contribution in [-0.2, 0) is 25.7 Å². The van der Waals surface area contributed by atoms with E-state index in [2.05, 4.69) is 15.8 Å². The van der Waals surface area contributed by atoms with Gasteiger partial charge in [-0.2, -0.15) is 0 Å². The van der Waals surface area contributed by atoms with Crippen LogP contribution in [0.1, 0.15) is 17.4 Å². The van der Waals surface area contributed by atoms with Crippen LogP contribution in [0, 0.1) is 13.8 Å². The van der Waals surface area contributed by atoms with Crippen molar-refractivity contribution in [3.63, 3.8) is 0 Å². The standard InChI is InChI=1S/C14H16N4O5S/c1-7-8(2)24-13-12(7)14(22)18(6-15-13)4-11(21)23-5-10(20)17-16-9(3)19/h6H,4-5H2,1-3H3,(H,16,19)(H,17,20). The first-order chi connectivity index (χ1) is 11.3. The Balaban J connectivity index is 2.02. The van der Waals surface area contributed by atoms with Crippen LogP contribution in [0.15, 0.2) is 11.1 Å². The second-order valence-electron chi connectivity index (χ2n) is 5.03. The fraction of sp³-hybridized carbons (Fsp3) is 0.357. The van der Waals surface area contributed by atoms with Gasteiger partial charge in [-0.25, -0.2) is 4.98 Å². The smallest absolute Gasteiger partial charge is 0.326 e. The number of esters is 1. The van der Waals surface area contributed by atoms with Gasteiger partial charge in [0, 0.05) is 11.8 Å². The Morgan fingerprint density at radius 2 is 2.00 bits per heavy atom. The Labute approximate surface area is 140 Å². The fourth-order valence-electron chi connectivity index (χ4n) is 1.91. The molecule has 2 N–H and O–H groups in total. The molecular formula is C14H16N4O5S. The van der Waals surface area contributed by atoms with Crippen LogP contribution in [0.3, 0.4) is 0 Å². The number of thiophene rings is 1. The molecule has 2 rings (SSSR count). The van der Waals surface area contributed by atoms with E-state index in [0.717, 1.165) is 15.0 Å². The van der Waals surface area contributed by atoms with Crippen molar-refractivity contribution >= 4 is 39.3 Å². The number of ether oxygens (including phenoxy) is 1. The Morgan fingerprint density at radius 3 is 2.67 bits per heavy atom. The number of hydrogen-bond donors (Lipinski definition) is 2. The summed E-state index contributed by atoms with van der Waals surface area (Å²) in [6.07, 6.45) is 1.28. The Hall–Kier alpha value is -2.75. The second-order valence-corrected chi connectivity index (χ2v) is 6.23. The van der Waals surface area contributed by atoms with Crippen molar-refractivity contribution < 1.29 is 19.1 Å². The zero-order valence-corrected chi connectivity index (χ0v) is 14.2. The third-order valence-corrected chi connectivity index (χ3v) is 4.31. The number of nitrogens with zero attached hydrogens (tertiary/aromatic N) is 2. The first kappa shape index (κ1) is 17.6. The van der Waals surface area contributed by atoms with Crippen molar-refractivity contribution in [3.8, 4) is 0 Å². The highest BCUT2D eigenvalue weighted by molar-refractivity contribution is 7.18. The van der Waals surface area contributed by atoms with Crippen LogP contribution in [0.25, 0.3) is 10.2 Å². The number of carbonyl (C=O) groups is 3. The molecule has 10 heteroatoms. The summed E-state index contributed by atoms with van der Waals surface area (Å²) in [6, 6.07) is 0. The molecule has 0 unspecified atom stereocenters. The Morgan fingerprint density at radius 1 is 1.29 bits per heavy atom. The molecule has 0 saturated heterocycles. The molecule has 0 aliphatic rings. The van der Waals surface area contributed by atoms with Crippen molar-refractivity contribution in [1.29, 1.82) is 0 Å². The highest BCUT2D eigenvalue weighted by atomic mass is 32.1. The highest BCUT2D eigenvalue weighted by Crippen LogP contribution is 2.25. The lowest BCUT2D eigenvalue weighted by molar-refractivity contribution is -0.149. The minimum Gasteiger partial charge on any atom is -0.454 e. The molecule has 2 heterocycles. The molecule has 0 spiro atoms. The largest absolute Gasteiger partial charge is 0.454 e. The van der Waals surface area contributed by atoms with Crippen molar-refractivity contribution in [3.05, 3.63) is 27.1 Å². The fourth-order valence-corrected chi connectivity index (χ4v) is 2.89. The minimum absolute atomic E-state index is 0.332. The van der Waals surface area contributed by atoms with E-state index < -0.39 is 24.4 Å². The number of carbonyl (C=O) groups excluding carboxylic acids is 3. The average molecular weight is 352 g/mol. The summed E-state index contributed by atoms with van der Waals surface area (Å²) in [7, 11) is 0. The molecule has 24 heavy (non-hydrogen) atoms. The van der Waals surface area contributed by atoms with Crippen LogP contribution in [0.4, 0.5) is 0 Å².